The van der Waals surface area contributed by atoms with Crippen LogP contribution in [0, 0.1) is 0 Å². The lowest BCUT2D eigenvalue weighted by molar-refractivity contribution is -0.0214. The SMILES string of the molecule is COc1ccc(CNC2CC2)cc1CN1CCOC(C)C1. The van der Waals surface area contributed by atoms with Crippen molar-refractivity contribution >= 4 is 0 Å². The predicted octanol–water partition coefficient (Wildman–Crippen LogP) is 2.17. The van der Waals surface area contributed by atoms with Crippen LogP contribution in [0.3, 0.4) is 0 Å². The van der Waals surface area contributed by atoms with Crippen LogP contribution < -0.4 is 10.1 Å². The van der Waals surface area contributed by atoms with E-state index in [0.29, 0.717) is 6.10 Å². The number of benzene rings is 1. The van der Waals surface area contributed by atoms with E-state index in [1.807, 2.05) is 0 Å². The fraction of sp³-hybridized carbons (Fsp3) is 0.647. The van der Waals surface area contributed by atoms with Crippen molar-refractivity contribution in [3.63, 3.8) is 0 Å². The van der Waals surface area contributed by atoms with Crippen molar-refractivity contribution in [1.82, 2.24) is 10.2 Å². The van der Waals surface area contributed by atoms with E-state index in [4.69, 9.17) is 9.47 Å². The number of nitrogens with zero attached hydrogens (tertiary/aromatic N) is 1. The molecule has 2 fully saturated rings. The lowest BCUT2D eigenvalue weighted by Gasteiger charge is -2.31. The Bertz CT molecular complexity index is 474. The molecule has 21 heavy (non-hydrogen) atoms. The molecule has 0 spiro atoms. The highest BCUT2D eigenvalue weighted by Crippen LogP contribution is 2.24. The van der Waals surface area contributed by atoms with Crippen LogP contribution in [-0.4, -0.2) is 43.9 Å². The molecule has 2 aliphatic rings. The molecule has 0 amide bonds. The van der Waals surface area contributed by atoms with Crippen LogP contribution in [0.5, 0.6) is 5.75 Å². The van der Waals surface area contributed by atoms with Crippen molar-refractivity contribution in [2.24, 2.45) is 0 Å². The van der Waals surface area contributed by atoms with Crippen LogP contribution in [0.2, 0.25) is 0 Å². The second-order valence-corrected chi connectivity index (χ2v) is 6.22. The zero-order valence-electron chi connectivity index (χ0n) is 13.1. The Hall–Kier alpha value is -1.10. The number of morpholine rings is 1. The number of hydrogen-bond acceptors (Lipinski definition) is 4. The summed E-state index contributed by atoms with van der Waals surface area (Å²) in [6.07, 6.45) is 2.98. The molecular weight excluding hydrogens is 264 g/mol. The van der Waals surface area contributed by atoms with Crippen molar-refractivity contribution < 1.29 is 9.47 Å². The summed E-state index contributed by atoms with van der Waals surface area (Å²) < 4.78 is 11.1. The summed E-state index contributed by atoms with van der Waals surface area (Å²) in [5, 5.41) is 3.57. The quantitative estimate of drug-likeness (QED) is 0.870. The Morgan fingerprint density at radius 3 is 2.95 bits per heavy atom. The second kappa shape index (κ2) is 6.77. The Morgan fingerprint density at radius 1 is 1.38 bits per heavy atom. The van der Waals surface area contributed by atoms with Crippen molar-refractivity contribution in [1.29, 1.82) is 0 Å². The van der Waals surface area contributed by atoms with Gasteiger partial charge in [-0.15, -0.1) is 0 Å². The minimum Gasteiger partial charge on any atom is -0.496 e. The van der Waals surface area contributed by atoms with E-state index in [0.717, 1.165) is 44.6 Å². The Morgan fingerprint density at radius 2 is 2.24 bits per heavy atom. The van der Waals surface area contributed by atoms with Crippen LogP contribution in [0.1, 0.15) is 30.9 Å². The van der Waals surface area contributed by atoms with E-state index in [2.05, 4.69) is 35.3 Å². The summed E-state index contributed by atoms with van der Waals surface area (Å²) >= 11 is 0. The van der Waals surface area contributed by atoms with Gasteiger partial charge in [-0.2, -0.15) is 0 Å². The first-order valence-electron chi connectivity index (χ1n) is 7.97. The molecular formula is C17H26N2O2. The lowest BCUT2D eigenvalue weighted by atomic mass is 10.1. The van der Waals surface area contributed by atoms with Gasteiger partial charge in [0.2, 0.25) is 0 Å². The van der Waals surface area contributed by atoms with Crippen molar-refractivity contribution in [3.05, 3.63) is 29.3 Å². The first kappa shape index (κ1) is 14.8. The maximum Gasteiger partial charge on any atom is 0.123 e. The van der Waals surface area contributed by atoms with Gasteiger partial charge in [0, 0.05) is 37.8 Å². The average Bonchev–Trinajstić information content (AvgIpc) is 3.30. The van der Waals surface area contributed by atoms with E-state index >= 15 is 0 Å². The van der Waals surface area contributed by atoms with Crippen LogP contribution in [0.25, 0.3) is 0 Å². The maximum atomic E-state index is 5.61. The third-order valence-electron chi connectivity index (χ3n) is 4.24. The van der Waals surface area contributed by atoms with E-state index in [1.165, 1.54) is 24.0 Å². The Labute approximate surface area is 127 Å². The van der Waals surface area contributed by atoms with Crippen LogP contribution >= 0.6 is 0 Å². The first-order chi connectivity index (χ1) is 10.2. The predicted molar refractivity (Wildman–Crippen MR) is 83.5 cm³/mol. The molecule has 1 atom stereocenters. The van der Waals surface area contributed by atoms with Crippen molar-refractivity contribution in [2.75, 3.05) is 26.8 Å². The van der Waals surface area contributed by atoms with Gasteiger partial charge in [-0.3, -0.25) is 4.90 Å². The third-order valence-corrected chi connectivity index (χ3v) is 4.24. The van der Waals surface area contributed by atoms with E-state index < -0.39 is 0 Å². The molecule has 1 aliphatic carbocycles. The molecule has 4 nitrogen and oxygen atoms in total. The van der Waals surface area contributed by atoms with Crippen LogP contribution in [-0.2, 0) is 17.8 Å². The highest BCUT2D eigenvalue weighted by Gasteiger charge is 2.21. The van der Waals surface area contributed by atoms with Gasteiger partial charge in [-0.1, -0.05) is 6.07 Å². The Balaban J connectivity index is 1.66. The Kier molecular flexibility index (Phi) is 4.78. The molecule has 0 radical (unpaired) electrons. The van der Waals surface area contributed by atoms with Crippen LogP contribution in [0.15, 0.2) is 18.2 Å². The highest BCUT2D eigenvalue weighted by molar-refractivity contribution is 5.37. The van der Waals surface area contributed by atoms with Gasteiger partial charge in [-0.25, -0.2) is 0 Å². The minimum absolute atomic E-state index is 0.324. The summed E-state index contributed by atoms with van der Waals surface area (Å²) in [7, 11) is 1.75. The van der Waals surface area contributed by atoms with Crippen LogP contribution in [0.4, 0.5) is 0 Å². The average molecular weight is 290 g/mol. The molecule has 4 heteroatoms. The smallest absolute Gasteiger partial charge is 0.123 e. The summed E-state index contributed by atoms with van der Waals surface area (Å²) in [5.41, 5.74) is 2.63. The summed E-state index contributed by atoms with van der Waals surface area (Å²) in [5.74, 6) is 0.990. The third kappa shape index (κ3) is 4.19. The summed E-state index contributed by atoms with van der Waals surface area (Å²) in [6, 6.07) is 7.30. The number of methoxy groups -OCH3 is 1. The normalized spacial score (nSPS) is 23.2. The van der Waals surface area contributed by atoms with Gasteiger partial charge in [0.15, 0.2) is 0 Å². The first-order valence-corrected chi connectivity index (χ1v) is 7.97. The molecule has 1 unspecified atom stereocenters. The molecule has 1 aromatic carbocycles. The molecule has 1 aliphatic heterocycles. The van der Waals surface area contributed by atoms with E-state index in [9.17, 15) is 0 Å². The maximum absolute atomic E-state index is 5.61. The van der Waals surface area contributed by atoms with Gasteiger partial charge in [-0.05, 0) is 37.5 Å². The zero-order valence-corrected chi connectivity index (χ0v) is 13.1. The molecule has 1 saturated carbocycles. The van der Waals surface area contributed by atoms with Gasteiger partial charge >= 0.3 is 0 Å². The molecule has 116 valence electrons. The monoisotopic (exact) mass is 290 g/mol. The number of rotatable bonds is 6. The molecule has 1 aromatic rings. The number of hydrogen-bond donors (Lipinski definition) is 1. The topological polar surface area (TPSA) is 33.7 Å². The minimum atomic E-state index is 0.324. The van der Waals surface area contributed by atoms with Gasteiger partial charge in [0.25, 0.3) is 0 Å². The van der Waals surface area contributed by atoms with E-state index in [-0.39, 0.29) is 0 Å². The molecule has 0 bridgehead atoms. The van der Waals surface area contributed by atoms with Gasteiger partial charge in [0.05, 0.1) is 19.8 Å². The van der Waals surface area contributed by atoms with Gasteiger partial charge < -0.3 is 14.8 Å². The molecule has 1 heterocycles. The fourth-order valence-electron chi connectivity index (χ4n) is 2.89. The van der Waals surface area contributed by atoms with Crippen molar-refractivity contribution in [2.45, 2.75) is 45.0 Å². The zero-order chi connectivity index (χ0) is 14.7. The fourth-order valence-corrected chi connectivity index (χ4v) is 2.89. The molecule has 1 saturated heterocycles. The standard InChI is InChI=1S/C17H26N2O2/c1-13-11-19(7-8-21-13)12-15-9-14(3-6-17(15)20-2)10-18-16-4-5-16/h3,6,9,13,16,18H,4-5,7-8,10-12H2,1-2H3. The summed E-state index contributed by atoms with van der Waals surface area (Å²) in [6.45, 7) is 6.85. The van der Waals surface area contributed by atoms with Gasteiger partial charge in [0.1, 0.15) is 5.75 Å². The second-order valence-electron chi connectivity index (χ2n) is 6.22. The number of ether oxygens (including phenoxy) is 2. The molecule has 0 aromatic heterocycles. The lowest BCUT2D eigenvalue weighted by Crippen LogP contribution is -2.40. The number of nitrogens with one attached hydrogen (secondary N) is 1. The van der Waals surface area contributed by atoms with Crippen molar-refractivity contribution in [3.8, 4) is 5.75 Å². The largest absolute Gasteiger partial charge is 0.496 e. The molecule has 3 rings (SSSR count). The van der Waals surface area contributed by atoms with E-state index in [1.54, 1.807) is 7.11 Å². The summed E-state index contributed by atoms with van der Waals surface area (Å²) in [4.78, 5) is 2.45. The highest BCUT2D eigenvalue weighted by atomic mass is 16.5. The molecule has 1 N–H and O–H groups in total.